The van der Waals surface area contributed by atoms with Crippen molar-refractivity contribution in [3.8, 4) is 0 Å². The van der Waals surface area contributed by atoms with Crippen molar-refractivity contribution in [1.82, 2.24) is 0 Å². The fourth-order valence-corrected chi connectivity index (χ4v) is 3.45. The van der Waals surface area contributed by atoms with Gasteiger partial charge in [-0.1, -0.05) is 37.6 Å². The van der Waals surface area contributed by atoms with Crippen LogP contribution in [0.3, 0.4) is 0 Å². The van der Waals surface area contributed by atoms with Crippen LogP contribution in [0.5, 0.6) is 0 Å². The third-order valence-electron chi connectivity index (χ3n) is 4.11. The third-order valence-corrected chi connectivity index (χ3v) is 4.11. The maximum atomic E-state index is 2.48. The van der Waals surface area contributed by atoms with Crippen LogP contribution in [0, 0.1) is 5.41 Å². The molecule has 1 aromatic rings. The predicted octanol–water partition coefficient (Wildman–Crippen LogP) is 3.52. The highest BCUT2D eigenvalue weighted by atomic mass is 14.5. The molecule has 1 fully saturated rings. The first-order chi connectivity index (χ1) is 6.30. The van der Waals surface area contributed by atoms with Crippen LogP contribution in [0.4, 0.5) is 0 Å². The molecule has 0 N–H and O–H groups in total. The summed E-state index contributed by atoms with van der Waals surface area (Å²) < 4.78 is 0. The third kappa shape index (κ3) is 0.919. The zero-order valence-corrected chi connectivity index (χ0v) is 8.22. The number of rotatable bonds is 0. The minimum Gasteiger partial charge on any atom is -0.0620 e. The van der Waals surface area contributed by atoms with Crippen molar-refractivity contribution in [2.45, 2.75) is 38.5 Å². The molecule has 0 bridgehead atoms. The summed E-state index contributed by atoms with van der Waals surface area (Å²) in [5.74, 6) is 0.878. The van der Waals surface area contributed by atoms with Gasteiger partial charge in [0.05, 0.1) is 0 Å². The summed E-state index contributed by atoms with van der Waals surface area (Å²) in [4.78, 5) is 0. The highest BCUT2D eigenvalue weighted by Gasteiger charge is 2.44. The average molecular weight is 172 g/mol. The molecule has 0 aromatic heterocycles. The molecule has 0 saturated heterocycles. The second-order valence-electron chi connectivity index (χ2n) is 4.97. The second kappa shape index (κ2) is 2.37. The molecule has 1 aromatic carbocycles. The van der Waals surface area contributed by atoms with E-state index in [4.69, 9.17) is 0 Å². The van der Waals surface area contributed by atoms with E-state index in [1.54, 1.807) is 11.1 Å². The molecular weight excluding hydrogens is 156 g/mol. The Kier molecular flexibility index (Phi) is 1.39. The van der Waals surface area contributed by atoms with Gasteiger partial charge in [0.2, 0.25) is 0 Å². The van der Waals surface area contributed by atoms with Gasteiger partial charge in [0.15, 0.2) is 0 Å². The number of fused-ring (bicyclic) bond motifs is 3. The van der Waals surface area contributed by atoms with Gasteiger partial charge in [-0.2, -0.15) is 0 Å². The standard InChI is InChI=1S/C13H16/c1-13-8-4-7-12(13)11-6-3-2-5-10(11)9-13/h2-3,5-6,12H,4,7-9H2,1H3/t12?,13-/m1/s1. The van der Waals surface area contributed by atoms with E-state index in [-0.39, 0.29) is 0 Å². The van der Waals surface area contributed by atoms with Gasteiger partial charge >= 0.3 is 0 Å². The van der Waals surface area contributed by atoms with Crippen molar-refractivity contribution < 1.29 is 0 Å². The van der Waals surface area contributed by atoms with E-state index in [1.807, 2.05) is 0 Å². The molecular formula is C13H16. The fraction of sp³-hybridized carbons (Fsp3) is 0.538. The lowest BCUT2D eigenvalue weighted by molar-refractivity contribution is 0.320. The Morgan fingerprint density at radius 1 is 1.31 bits per heavy atom. The maximum Gasteiger partial charge on any atom is -0.0102 e. The molecule has 2 aliphatic rings. The van der Waals surface area contributed by atoms with Gasteiger partial charge in [0, 0.05) is 0 Å². The maximum absolute atomic E-state index is 2.48. The lowest BCUT2D eigenvalue weighted by atomic mass is 9.81. The molecule has 0 heterocycles. The van der Waals surface area contributed by atoms with Crippen molar-refractivity contribution in [2.75, 3.05) is 0 Å². The monoisotopic (exact) mass is 172 g/mol. The van der Waals surface area contributed by atoms with Crippen LogP contribution in [-0.2, 0) is 6.42 Å². The Bertz CT molecular complexity index is 340. The van der Waals surface area contributed by atoms with Gasteiger partial charge in [0.25, 0.3) is 0 Å². The fourth-order valence-electron chi connectivity index (χ4n) is 3.45. The Hall–Kier alpha value is -0.780. The molecule has 1 unspecified atom stereocenters. The first kappa shape index (κ1) is 7.61. The molecule has 13 heavy (non-hydrogen) atoms. The summed E-state index contributed by atoms with van der Waals surface area (Å²) in [5.41, 5.74) is 3.89. The van der Waals surface area contributed by atoms with Crippen LogP contribution in [0.15, 0.2) is 24.3 Å². The van der Waals surface area contributed by atoms with Crippen molar-refractivity contribution >= 4 is 0 Å². The minimum absolute atomic E-state index is 0.615. The molecule has 1 saturated carbocycles. The van der Waals surface area contributed by atoms with Crippen molar-refractivity contribution in [2.24, 2.45) is 5.41 Å². The summed E-state index contributed by atoms with van der Waals surface area (Å²) in [7, 11) is 0. The zero-order chi connectivity index (χ0) is 8.89. The number of benzene rings is 1. The molecule has 2 aliphatic carbocycles. The Labute approximate surface area is 80.0 Å². The van der Waals surface area contributed by atoms with Crippen LogP contribution in [0.1, 0.15) is 43.2 Å². The summed E-state index contributed by atoms with van der Waals surface area (Å²) in [5, 5.41) is 0. The van der Waals surface area contributed by atoms with E-state index in [0.717, 1.165) is 5.92 Å². The van der Waals surface area contributed by atoms with E-state index < -0.39 is 0 Å². The molecule has 0 spiro atoms. The van der Waals surface area contributed by atoms with E-state index in [2.05, 4.69) is 31.2 Å². The van der Waals surface area contributed by atoms with Crippen molar-refractivity contribution in [3.63, 3.8) is 0 Å². The summed E-state index contributed by atoms with van der Waals surface area (Å²) >= 11 is 0. The van der Waals surface area contributed by atoms with E-state index >= 15 is 0 Å². The van der Waals surface area contributed by atoms with Crippen LogP contribution >= 0.6 is 0 Å². The van der Waals surface area contributed by atoms with Crippen molar-refractivity contribution in [1.29, 1.82) is 0 Å². The van der Waals surface area contributed by atoms with Gasteiger partial charge in [-0.05, 0) is 41.7 Å². The normalized spacial score (nSPS) is 35.9. The van der Waals surface area contributed by atoms with Crippen LogP contribution in [-0.4, -0.2) is 0 Å². The van der Waals surface area contributed by atoms with Gasteiger partial charge in [-0.15, -0.1) is 0 Å². The quantitative estimate of drug-likeness (QED) is 0.561. The molecule has 0 heteroatoms. The summed E-state index contributed by atoms with van der Waals surface area (Å²) in [6.07, 6.45) is 5.63. The Morgan fingerprint density at radius 2 is 2.15 bits per heavy atom. The Morgan fingerprint density at radius 3 is 3.08 bits per heavy atom. The first-order valence-corrected chi connectivity index (χ1v) is 5.37. The Balaban J connectivity index is 2.13. The second-order valence-corrected chi connectivity index (χ2v) is 4.97. The van der Waals surface area contributed by atoms with Crippen LogP contribution in [0.2, 0.25) is 0 Å². The first-order valence-electron chi connectivity index (χ1n) is 5.37. The number of hydrogen-bond acceptors (Lipinski definition) is 0. The lowest BCUT2D eigenvalue weighted by Crippen LogP contribution is -2.15. The van der Waals surface area contributed by atoms with Gasteiger partial charge in [-0.3, -0.25) is 0 Å². The lowest BCUT2D eigenvalue weighted by Gasteiger charge is -2.23. The van der Waals surface area contributed by atoms with Gasteiger partial charge in [-0.25, -0.2) is 0 Å². The highest BCUT2D eigenvalue weighted by molar-refractivity contribution is 5.39. The van der Waals surface area contributed by atoms with Gasteiger partial charge in [0.1, 0.15) is 0 Å². The molecule has 3 rings (SSSR count). The number of hydrogen-bond donors (Lipinski definition) is 0. The van der Waals surface area contributed by atoms with Crippen LogP contribution < -0.4 is 0 Å². The molecule has 68 valence electrons. The molecule has 0 amide bonds. The SMILES string of the molecule is C[C@]12CCCC1c1ccccc1C2. The smallest absolute Gasteiger partial charge is 0.0102 e. The van der Waals surface area contributed by atoms with Crippen molar-refractivity contribution in [3.05, 3.63) is 35.4 Å². The summed E-state index contributed by atoms with van der Waals surface area (Å²) in [6.45, 7) is 2.48. The van der Waals surface area contributed by atoms with E-state index in [9.17, 15) is 0 Å². The topological polar surface area (TPSA) is 0 Å². The molecule has 0 aliphatic heterocycles. The summed E-state index contributed by atoms with van der Waals surface area (Å²) in [6, 6.07) is 9.04. The molecule has 0 nitrogen and oxygen atoms in total. The van der Waals surface area contributed by atoms with Crippen LogP contribution in [0.25, 0.3) is 0 Å². The van der Waals surface area contributed by atoms with E-state index in [0.29, 0.717) is 5.41 Å². The highest BCUT2D eigenvalue weighted by Crippen LogP contribution is 2.56. The average Bonchev–Trinajstić information content (AvgIpc) is 2.58. The minimum atomic E-state index is 0.615. The molecule has 2 atom stereocenters. The predicted molar refractivity (Wildman–Crippen MR) is 54.8 cm³/mol. The van der Waals surface area contributed by atoms with Gasteiger partial charge < -0.3 is 0 Å². The zero-order valence-electron chi connectivity index (χ0n) is 8.22. The largest absolute Gasteiger partial charge is 0.0620 e. The van der Waals surface area contributed by atoms with E-state index in [1.165, 1.54) is 25.7 Å². The molecule has 0 radical (unpaired) electrons.